The van der Waals surface area contributed by atoms with E-state index in [0.717, 1.165) is 10.0 Å². The van der Waals surface area contributed by atoms with E-state index < -0.39 is 24.0 Å². The van der Waals surface area contributed by atoms with E-state index in [4.69, 9.17) is 10.7 Å². The molecule has 1 aromatic rings. The number of fused-ring (bicyclic) bond motifs is 1. The Morgan fingerprint density at radius 1 is 1.48 bits per heavy atom. The quantitative estimate of drug-likeness (QED) is 0.711. The zero-order valence-electron chi connectivity index (χ0n) is 14.4. The molecule has 138 valence electrons. The first-order chi connectivity index (χ1) is 11.9. The van der Waals surface area contributed by atoms with Gasteiger partial charge < -0.3 is 20.8 Å². The Kier molecular flexibility index (Phi) is 5.72. The summed E-state index contributed by atoms with van der Waals surface area (Å²) in [7, 11) is 0. The monoisotopic (exact) mass is 383 g/mol. The van der Waals surface area contributed by atoms with E-state index in [9.17, 15) is 15.0 Å². The SMILES string of the molecule is CC(C)CN=C1S[C@H]2[C@H]([C@@H](O)[C@H](O)C[C@@H]2C(N)=O)N1Cc1cccs1. The highest BCUT2D eigenvalue weighted by atomic mass is 32.2. The summed E-state index contributed by atoms with van der Waals surface area (Å²) in [6.45, 7) is 5.50. The van der Waals surface area contributed by atoms with Crippen molar-refractivity contribution in [2.24, 2.45) is 22.6 Å². The van der Waals surface area contributed by atoms with E-state index in [0.29, 0.717) is 19.0 Å². The Labute approximate surface area is 156 Å². The van der Waals surface area contributed by atoms with Crippen molar-refractivity contribution in [1.82, 2.24) is 4.90 Å². The number of rotatable bonds is 5. The van der Waals surface area contributed by atoms with E-state index in [2.05, 4.69) is 13.8 Å². The molecule has 1 aliphatic carbocycles. The molecular weight excluding hydrogens is 358 g/mol. The molecule has 0 spiro atoms. The molecule has 4 N–H and O–H groups in total. The van der Waals surface area contributed by atoms with Crippen LogP contribution < -0.4 is 5.73 Å². The Bertz CT molecular complexity index is 635. The number of aliphatic hydroxyl groups excluding tert-OH is 2. The first-order valence-electron chi connectivity index (χ1n) is 8.54. The zero-order chi connectivity index (χ0) is 18.1. The van der Waals surface area contributed by atoms with Crippen LogP contribution in [0.15, 0.2) is 22.5 Å². The normalized spacial score (nSPS) is 33.9. The molecule has 1 aliphatic heterocycles. The predicted octanol–water partition coefficient (Wildman–Crippen LogP) is 1.27. The number of thioether (sulfide) groups is 1. The van der Waals surface area contributed by atoms with Crippen LogP contribution in [0.5, 0.6) is 0 Å². The molecule has 6 nitrogen and oxygen atoms in total. The number of carbonyl (C=O) groups excluding carboxylic acids is 1. The summed E-state index contributed by atoms with van der Waals surface area (Å²) in [5.41, 5.74) is 5.58. The van der Waals surface area contributed by atoms with Crippen molar-refractivity contribution in [3.05, 3.63) is 22.4 Å². The molecular formula is C17H25N3O3S2. The molecule has 8 heteroatoms. The minimum Gasteiger partial charge on any atom is -0.390 e. The van der Waals surface area contributed by atoms with Crippen LogP contribution in [-0.4, -0.2) is 56.2 Å². The zero-order valence-corrected chi connectivity index (χ0v) is 16.0. The first-order valence-corrected chi connectivity index (χ1v) is 10.3. The summed E-state index contributed by atoms with van der Waals surface area (Å²) in [5, 5.41) is 23.6. The summed E-state index contributed by atoms with van der Waals surface area (Å²) in [4.78, 5) is 19.8. The number of aliphatic hydroxyl groups is 2. The van der Waals surface area contributed by atoms with Gasteiger partial charge in [-0.3, -0.25) is 9.79 Å². The smallest absolute Gasteiger partial charge is 0.221 e. The van der Waals surface area contributed by atoms with E-state index >= 15 is 0 Å². The molecule has 2 heterocycles. The summed E-state index contributed by atoms with van der Waals surface area (Å²) < 4.78 is 0. The lowest BCUT2D eigenvalue weighted by Crippen LogP contribution is -2.58. The number of thiophene rings is 1. The molecule has 5 atom stereocenters. The maximum atomic E-state index is 11.9. The lowest BCUT2D eigenvalue weighted by atomic mass is 9.80. The number of primary amides is 1. The van der Waals surface area contributed by atoms with Crippen LogP contribution in [0.1, 0.15) is 25.1 Å². The molecule has 1 saturated carbocycles. The fourth-order valence-corrected chi connectivity index (χ4v) is 5.71. The number of hydrogen-bond acceptors (Lipinski definition) is 6. The van der Waals surface area contributed by atoms with Gasteiger partial charge in [-0.25, -0.2) is 0 Å². The van der Waals surface area contributed by atoms with Crippen molar-refractivity contribution in [1.29, 1.82) is 0 Å². The van der Waals surface area contributed by atoms with Gasteiger partial charge in [-0.1, -0.05) is 31.7 Å². The largest absolute Gasteiger partial charge is 0.390 e. The van der Waals surface area contributed by atoms with Crippen LogP contribution in [-0.2, 0) is 11.3 Å². The van der Waals surface area contributed by atoms with Crippen molar-refractivity contribution in [3.63, 3.8) is 0 Å². The van der Waals surface area contributed by atoms with E-state index in [1.54, 1.807) is 11.3 Å². The topological polar surface area (TPSA) is 99.1 Å². The number of aliphatic imine (C=N–C) groups is 1. The minimum absolute atomic E-state index is 0.179. The van der Waals surface area contributed by atoms with Gasteiger partial charge in [0, 0.05) is 16.7 Å². The number of nitrogens with zero attached hydrogens (tertiary/aromatic N) is 2. The second kappa shape index (κ2) is 7.65. The summed E-state index contributed by atoms with van der Waals surface area (Å²) in [6.07, 6.45) is -1.66. The summed E-state index contributed by atoms with van der Waals surface area (Å²) in [6, 6.07) is 3.67. The lowest BCUT2D eigenvalue weighted by Gasteiger charge is -2.41. The Morgan fingerprint density at radius 2 is 2.24 bits per heavy atom. The van der Waals surface area contributed by atoms with E-state index in [1.165, 1.54) is 11.8 Å². The van der Waals surface area contributed by atoms with Crippen LogP contribution in [0.4, 0.5) is 0 Å². The number of carbonyl (C=O) groups is 1. The van der Waals surface area contributed by atoms with Crippen molar-refractivity contribution in [2.45, 2.75) is 50.3 Å². The Balaban J connectivity index is 1.94. The predicted molar refractivity (Wildman–Crippen MR) is 101 cm³/mol. The molecule has 1 saturated heterocycles. The molecule has 0 aromatic carbocycles. The van der Waals surface area contributed by atoms with Gasteiger partial charge in [0.15, 0.2) is 5.17 Å². The fourth-order valence-electron chi connectivity index (χ4n) is 3.43. The van der Waals surface area contributed by atoms with E-state index in [-0.39, 0.29) is 17.7 Å². The van der Waals surface area contributed by atoms with Gasteiger partial charge in [-0.2, -0.15) is 0 Å². The summed E-state index contributed by atoms with van der Waals surface area (Å²) >= 11 is 3.16. The van der Waals surface area contributed by atoms with Gasteiger partial charge in [0.25, 0.3) is 0 Å². The first kappa shape index (κ1) is 18.7. The minimum atomic E-state index is -0.949. The van der Waals surface area contributed by atoms with Crippen LogP contribution >= 0.6 is 23.1 Å². The Morgan fingerprint density at radius 3 is 2.84 bits per heavy atom. The molecule has 25 heavy (non-hydrogen) atoms. The molecule has 1 aromatic heterocycles. The number of amidine groups is 1. The second-order valence-electron chi connectivity index (χ2n) is 7.10. The molecule has 0 unspecified atom stereocenters. The van der Waals surface area contributed by atoms with Gasteiger partial charge in [0.05, 0.1) is 24.6 Å². The molecule has 2 fully saturated rings. The number of nitrogens with two attached hydrogens (primary N) is 1. The number of amides is 1. The molecule has 0 bridgehead atoms. The third-order valence-corrected chi connectivity index (χ3v) is 7.00. The van der Waals surface area contributed by atoms with Gasteiger partial charge in [0.1, 0.15) is 6.10 Å². The summed E-state index contributed by atoms with van der Waals surface area (Å²) in [5.74, 6) is -0.470. The average Bonchev–Trinajstić information content (AvgIpc) is 3.17. The second-order valence-corrected chi connectivity index (χ2v) is 9.28. The van der Waals surface area contributed by atoms with Crippen LogP contribution in [0.3, 0.4) is 0 Å². The third kappa shape index (κ3) is 3.86. The highest BCUT2D eigenvalue weighted by Gasteiger charge is 2.54. The molecule has 2 aliphatic rings. The molecule has 3 rings (SSSR count). The van der Waals surface area contributed by atoms with Crippen molar-refractivity contribution in [2.75, 3.05) is 6.54 Å². The van der Waals surface area contributed by atoms with Gasteiger partial charge in [0.2, 0.25) is 5.91 Å². The maximum Gasteiger partial charge on any atom is 0.221 e. The standard InChI is InChI=1S/C17H25N3O3S2/c1-9(2)7-19-17-20(8-10-4-3-5-24-10)13-14(22)12(21)6-11(16(18)23)15(13)25-17/h3-5,9,11-15,21-22H,6-8H2,1-2H3,(H2,18,23)/t11-,12+,13-,14-,15+/m0/s1. The van der Waals surface area contributed by atoms with Crippen LogP contribution in [0.2, 0.25) is 0 Å². The van der Waals surface area contributed by atoms with Gasteiger partial charge >= 0.3 is 0 Å². The highest BCUT2D eigenvalue weighted by molar-refractivity contribution is 8.14. The van der Waals surface area contributed by atoms with Gasteiger partial charge in [-0.15, -0.1) is 11.3 Å². The van der Waals surface area contributed by atoms with Crippen molar-refractivity contribution >= 4 is 34.2 Å². The van der Waals surface area contributed by atoms with Crippen molar-refractivity contribution in [3.8, 4) is 0 Å². The van der Waals surface area contributed by atoms with Crippen LogP contribution in [0, 0.1) is 11.8 Å². The highest BCUT2D eigenvalue weighted by Crippen LogP contribution is 2.44. The Hall–Kier alpha value is -1.09. The van der Waals surface area contributed by atoms with Gasteiger partial charge in [-0.05, 0) is 23.8 Å². The molecule has 1 amide bonds. The third-order valence-electron chi connectivity index (χ3n) is 4.68. The average molecular weight is 384 g/mol. The lowest BCUT2D eigenvalue weighted by molar-refractivity contribution is -0.128. The maximum absolute atomic E-state index is 11.9. The molecule has 0 radical (unpaired) electrons. The van der Waals surface area contributed by atoms with Crippen LogP contribution in [0.25, 0.3) is 0 Å². The van der Waals surface area contributed by atoms with E-state index in [1.807, 2.05) is 22.4 Å². The van der Waals surface area contributed by atoms with Crippen molar-refractivity contribution < 1.29 is 15.0 Å². The fraction of sp³-hybridized carbons (Fsp3) is 0.647. The number of hydrogen-bond donors (Lipinski definition) is 3.